The van der Waals surface area contributed by atoms with Gasteiger partial charge in [-0.05, 0) is 24.3 Å². The lowest BCUT2D eigenvalue weighted by Gasteiger charge is -2.25. The van der Waals surface area contributed by atoms with E-state index in [0.29, 0.717) is 72.7 Å². The van der Waals surface area contributed by atoms with Gasteiger partial charge in [0.15, 0.2) is 5.75 Å². The van der Waals surface area contributed by atoms with Crippen molar-refractivity contribution in [2.24, 2.45) is 0 Å². The van der Waals surface area contributed by atoms with Gasteiger partial charge in [0.25, 0.3) is 5.91 Å². The number of para-hydroxylation sites is 1. The Morgan fingerprint density at radius 3 is 2.74 bits per heavy atom. The van der Waals surface area contributed by atoms with E-state index in [1.165, 1.54) is 6.08 Å². The van der Waals surface area contributed by atoms with Gasteiger partial charge in [-0.1, -0.05) is 24.2 Å². The van der Waals surface area contributed by atoms with E-state index in [2.05, 4.69) is 27.2 Å². The van der Waals surface area contributed by atoms with E-state index < -0.39 is 0 Å². The van der Waals surface area contributed by atoms with Gasteiger partial charge >= 0.3 is 0 Å². The number of fused-ring (bicyclic) bond motifs is 1. The van der Waals surface area contributed by atoms with Crippen LogP contribution in [0.25, 0.3) is 11.3 Å². The highest BCUT2D eigenvalue weighted by molar-refractivity contribution is 6.32. The molecule has 0 bridgehead atoms. The normalized spacial score (nSPS) is 14.4. The summed E-state index contributed by atoms with van der Waals surface area (Å²) in [5, 5.41) is 6.72. The van der Waals surface area contributed by atoms with Crippen LogP contribution in [0, 0.1) is 0 Å². The second-order valence-corrected chi connectivity index (χ2v) is 8.81. The molecule has 4 heterocycles. The molecule has 38 heavy (non-hydrogen) atoms. The molecule has 1 saturated heterocycles. The molecule has 11 heteroatoms. The Kier molecular flexibility index (Phi) is 8.88. The Bertz CT molecular complexity index is 1320. The monoisotopic (exact) mass is 539 g/mol. The molecule has 2 amide bonds. The molecule has 5 rings (SSSR count). The van der Waals surface area contributed by atoms with Gasteiger partial charge in [0.2, 0.25) is 5.91 Å². The largest absolute Gasteiger partial charge is 0.494 e. The average Bonchev–Trinajstić information content (AvgIpc) is 3.32. The minimum absolute atomic E-state index is 0.00306. The van der Waals surface area contributed by atoms with Crippen molar-refractivity contribution < 1.29 is 23.8 Å². The summed E-state index contributed by atoms with van der Waals surface area (Å²) in [7, 11) is 3.14. The number of pyridine rings is 1. The number of morpholine rings is 1. The lowest BCUT2D eigenvalue weighted by atomic mass is 10.0. The number of ether oxygens (including phenoxy) is 3. The van der Waals surface area contributed by atoms with Crippen LogP contribution in [-0.4, -0.2) is 73.7 Å². The topological polar surface area (TPSA) is 118 Å². The van der Waals surface area contributed by atoms with Gasteiger partial charge in [0.1, 0.15) is 5.75 Å². The zero-order valence-electron chi connectivity index (χ0n) is 21.3. The Morgan fingerprint density at radius 1 is 1.24 bits per heavy atom. The van der Waals surface area contributed by atoms with Crippen LogP contribution in [0.2, 0.25) is 5.02 Å². The number of rotatable bonds is 6. The number of nitrogens with one attached hydrogen (secondary N) is 3. The molecule has 10 nitrogen and oxygen atoms in total. The molecule has 0 unspecified atom stereocenters. The van der Waals surface area contributed by atoms with E-state index in [4.69, 9.17) is 25.8 Å². The summed E-state index contributed by atoms with van der Waals surface area (Å²) in [6.07, 6.45) is 5.36. The van der Waals surface area contributed by atoms with E-state index >= 15 is 0 Å². The predicted octanol–water partition coefficient (Wildman–Crippen LogP) is 3.81. The van der Waals surface area contributed by atoms with E-state index in [9.17, 15) is 9.59 Å². The highest BCUT2D eigenvalue weighted by Gasteiger charge is 2.28. The van der Waals surface area contributed by atoms with E-state index in [-0.39, 0.29) is 11.8 Å². The summed E-state index contributed by atoms with van der Waals surface area (Å²) in [4.78, 5) is 32.8. The fourth-order valence-corrected chi connectivity index (χ4v) is 4.57. The summed E-state index contributed by atoms with van der Waals surface area (Å²) >= 11 is 6.27. The maximum Gasteiger partial charge on any atom is 0.255 e. The van der Waals surface area contributed by atoms with Crippen molar-refractivity contribution in [3.63, 3.8) is 0 Å². The summed E-state index contributed by atoms with van der Waals surface area (Å²) in [5.74, 6) is 0.967. The number of nitrogens with zero attached hydrogens (tertiary/aromatic N) is 2. The van der Waals surface area contributed by atoms with Gasteiger partial charge in [-0.15, -0.1) is 0 Å². The summed E-state index contributed by atoms with van der Waals surface area (Å²) in [6.45, 7) is 6.69. The number of amides is 2. The summed E-state index contributed by atoms with van der Waals surface area (Å²) < 4.78 is 16.0. The number of methoxy groups -OCH3 is 2. The van der Waals surface area contributed by atoms with Crippen LogP contribution in [0.4, 0.5) is 11.4 Å². The maximum atomic E-state index is 12.6. The number of hydrogen-bond donors (Lipinski definition) is 3. The Labute approximate surface area is 225 Å². The zero-order valence-corrected chi connectivity index (χ0v) is 22.1. The SMILES string of the molecule is C=CC(=O)N1CCOCC1.COc1cnccc1-c1[nH]c2c(c1Nc1cccc(Cl)c1OC)C(=O)NCC2. The number of H-pyrrole nitrogens is 1. The molecule has 0 radical (unpaired) electrons. The van der Waals surface area contributed by atoms with Crippen LogP contribution in [0.15, 0.2) is 49.3 Å². The van der Waals surface area contributed by atoms with Crippen molar-refractivity contribution in [3.8, 4) is 22.8 Å². The van der Waals surface area contributed by atoms with Crippen LogP contribution in [-0.2, 0) is 16.0 Å². The zero-order chi connectivity index (χ0) is 27.1. The molecule has 1 aromatic carbocycles. The number of hydrogen-bond acceptors (Lipinski definition) is 7. The van der Waals surface area contributed by atoms with E-state index in [1.807, 2.05) is 18.2 Å². The minimum Gasteiger partial charge on any atom is -0.494 e. The van der Waals surface area contributed by atoms with Crippen LogP contribution in [0.5, 0.6) is 11.5 Å². The smallest absolute Gasteiger partial charge is 0.255 e. The minimum atomic E-state index is -0.139. The van der Waals surface area contributed by atoms with Crippen molar-refractivity contribution in [3.05, 3.63) is 65.6 Å². The maximum absolute atomic E-state index is 12.6. The quantitative estimate of drug-likeness (QED) is 0.408. The first-order chi connectivity index (χ1) is 18.5. The van der Waals surface area contributed by atoms with E-state index in [0.717, 1.165) is 17.0 Å². The highest BCUT2D eigenvalue weighted by atomic mass is 35.5. The molecule has 200 valence electrons. The number of halogens is 1. The highest BCUT2D eigenvalue weighted by Crippen LogP contribution is 2.42. The van der Waals surface area contributed by atoms with Crippen molar-refractivity contribution >= 4 is 34.8 Å². The fraction of sp³-hybridized carbons (Fsp3) is 0.296. The Morgan fingerprint density at radius 2 is 2.03 bits per heavy atom. The third kappa shape index (κ3) is 5.76. The molecule has 2 aromatic heterocycles. The van der Waals surface area contributed by atoms with Crippen LogP contribution >= 0.6 is 11.6 Å². The number of aromatic nitrogens is 2. The number of carbonyl (C=O) groups excluding carboxylic acids is 2. The second-order valence-electron chi connectivity index (χ2n) is 8.40. The first-order valence-corrected chi connectivity index (χ1v) is 12.5. The van der Waals surface area contributed by atoms with Gasteiger partial charge in [0, 0.05) is 43.5 Å². The third-order valence-corrected chi connectivity index (χ3v) is 6.46. The van der Waals surface area contributed by atoms with Gasteiger partial charge in [-0.2, -0.15) is 0 Å². The first kappa shape index (κ1) is 27.0. The van der Waals surface area contributed by atoms with Gasteiger partial charge in [-0.25, -0.2) is 0 Å². The molecule has 0 aliphatic carbocycles. The predicted molar refractivity (Wildman–Crippen MR) is 145 cm³/mol. The molecule has 0 atom stereocenters. The molecular formula is C27H30ClN5O5. The standard InChI is InChI=1S/C20H19ClN4O3.C7H11NO2/c1-27-15-10-22-8-6-11(15)17-18(16-13(24-17)7-9-23-20(16)26)25-14-5-3-4-12(21)19(14)28-2;1-2-7(9)8-3-5-10-6-4-8/h3-6,8,10,24-25H,7,9H2,1-2H3,(H,23,26);2H,1,3-6H2. The molecule has 2 aliphatic rings. The molecule has 1 fully saturated rings. The Hall–Kier alpha value is -4.02. The fourth-order valence-electron chi connectivity index (χ4n) is 4.32. The molecular weight excluding hydrogens is 510 g/mol. The van der Waals surface area contributed by atoms with Crippen LogP contribution in [0.3, 0.4) is 0 Å². The van der Waals surface area contributed by atoms with Crippen LogP contribution < -0.4 is 20.1 Å². The Balaban J connectivity index is 0.000000283. The van der Waals surface area contributed by atoms with Gasteiger partial charge < -0.3 is 34.7 Å². The first-order valence-electron chi connectivity index (χ1n) is 12.1. The number of aromatic amines is 1. The average molecular weight is 540 g/mol. The number of carbonyl (C=O) groups is 2. The summed E-state index contributed by atoms with van der Waals surface area (Å²) in [6, 6.07) is 7.25. The number of benzene rings is 1. The van der Waals surface area contributed by atoms with Gasteiger partial charge in [-0.3, -0.25) is 14.6 Å². The molecule has 2 aliphatic heterocycles. The van der Waals surface area contributed by atoms with Crippen molar-refractivity contribution in [1.29, 1.82) is 0 Å². The van der Waals surface area contributed by atoms with Gasteiger partial charge in [0.05, 0.1) is 61.3 Å². The lowest BCUT2D eigenvalue weighted by molar-refractivity contribution is -0.129. The van der Waals surface area contributed by atoms with Crippen molar-refractivity contribution in [2.75, 3.05) is 52.4 Å². The van der Waals surface area contributed by atoms with E-state index in [1.54, 1.807) is 37.6 Å². The lowest BCUT2D eigenvalue weighted by Crippen LogP contribution is -2.39. The molecule has 0 spiro atoms. The number of anilines is 2. The van der Waals surface area contributed by atoms with Crippen molar-refractivity contribution in [1.82, 2.24) is 20.2 Å². The molecule has 3 aromatic rings. The summed E-state index contributed by atoms with van der Waals surface area (Å²) in [5.41, 5.74) is 4.26. The third-order valence-electron chi connectivity index (χ3n) is 6.17. The van der Waals surface area contributed by atoms with Crippen molar-refractivity contribution in [2.45, 2.75) is 6.42 Å². The molecule has 0 saturated carbocycles. The molecule has 3 N–H and O–H groups in total. The second kappa shape index (κ2) is 12.5. The van der Waals surface area contributed by atoms with Crippen LogP contribution in [0.1, 0.15) is 16.1 Å².